The molecule has 274 valence electrons. The van der Waals surface area contributed by atoms with E-state index in [1.807, 2.05) is 26.0 Å². The number of allylic oxidation sites excluding steroid dienone is 1. The quantitative estimate of drug-likeness (QED) is 0.340. The highest BCUT2D eigenvalue weighted by molar-refractivity contribution is 8.13. The standard InChI is InChI=1S/C38H47FN4O7S/c1-4-31(46)50-37(34(49)51-16-15-44)13-12-26-27-11-10-24-18-29-23(19-35(24,2)38(27,39)30(45)20-36(26,37)3)21-41-43(29)25-8-5-7-22(17-25)33(48)42-14-6-9-28(42)32(40)47/h5,7-8,17-18,21,26-28,30,44-45H,4,6,9-16,19-20H2,1-3H3,(H2,40,47)/t26-,27-,28+,30-,35-,36-,37-,38-/m0/s1. The summed E-state index contributed by atoms with van der Waals surface area (Å²) in [5.41, 5.74) is 3.54. The molecular weight excluding hydrogens is 676 g/mol. The molecule has 7 rings (SSSR count). The summed E-state index contributed by atoms with van der Waals surface area (Å²) in [6, 6.07) is 6.45. The van der Waals surface area contributed by atoms with E-state index < -0.39 is 52.0 Å². The van der Waals surface area contributed by atoms with Crippen LogP contribution >= 0.6 is 11.8 Å². The summed E-state index contributed by atoms with van der Waals surface area (Å²) in [6.45, 7) is 5.68. The highest BCUT2D eigenvalue weighted by Gasteiger charge is 2.76. The van der Waals surface area contributed by atoms with Gasteiger partial charge in [0.2, 0.25) is 11.0 Å². The Labute approximate surface area is 301 Å². The van der Waals surface area contributed by atoms with Crippen molar-refractivity contribution in [1.82, 2.24) is 14.7 Å². The van der Waals surface area contributed by atoms with Crippen LogP contribution < -0.4 is 5.73 Å². The van der Waals surface area contributed by atoms with Crippen LogP contribution in [-0.2, 0) is 25.5 Å². The van der Waals surface area contributed by atoms with E-state index >= 15 is 4.39 Å². The average Bonchev–Trinajstić information content (AvgIpc) is 3.83. The number of rotatable bonds is 8. The predicted octanol–water partition coefficient (Wildman–Crippen LogP) is 4.15. The molecule has 0 spiro atoms. The van der Waals surface area contributed by atoms with Gasteiger partial charge >= 0.3 is 5.97 Å². The zero-order chi connectivity index (χ0) is 36.5. The fraction of sp³-hybridized carbons (Fsp3) is 0.605. The number of carbonyl (C=O) groups is 4. The number of thioether (sulfide) groups is 1. The van der Waals surface area contributed by atoms with Gasteiger partial charge in [-0.15, -0.1) is 0 Å². The van der Waals surface area contributed by atoms with Crippen LogP contribution in [0.15, 0.2) is 36.0 Å². The van der Waals surface area contributed by atoms with Crippen molar-refractivity contribution in [1.29, 1.82) is 0 Å². The van der Waals surface area contributed by atoms with Crippen molar-refractivity contribution >= 4 is 40.7 Å². The third-order valence-electron chi connectivity index (χ3n) is 13.1. The largest absolute Gasteiger partial charge is 0.449 e. The van der Waals surface area contributed by atoms with Gasteiger partial charge in [0.05, 0.1) is 30.3 Å². The number of nitrogens with two attached hydrogens (primary N) is 1. The lowest BCUT2D eigenvalue weighted by atomic mass is 9.44. The van der Waals surface area contributed by atoms with Gasteiger partial charge in [-0.25, -0.2) is 9.07 Å². The molecule has 1 aromatic heterocycles. The molecule has 8 atom stereocenters. The minimum atomic E-state index is -2.02. The summed E-state index contributed by atoms with van der Waals surface area (Å²) in [5.74, 6) is -2.04. The van der Waals surface area contributed by atoms with Crippen molar-refractivity contribution in [2.24, 2.45) is 28.4 Å². The van der Waals surface area contributed by atoms with Crippen LogP contribution in [0.4, 0.5) is 4.39 Å². The maximum absolute atomic E-state index is 18.3. The fourth-order valence-electron chi connectivity index (χ4n) is 10.6. The van der Waals surface area contributed by atoms with Crippen molar-refractivity contribution in [2.45, 2.75) is 102 Å². The second-order valence-electron chi connectivity index (χ2n) is 15.5. The van der Waals surface area contributed by atoms with Crippen LogP contribution in [-0.4, -0.2) is 90.1 Å². The third kappa shape index (κ3) is 5.15. The summed E-state index contributed by atoms with van der Waals surface area (Å²) in [6.07, 6.45) is 5.62. The van der Waals surface area contributed by atoms with E-state index in [1.54, 1.807) is 36.0 Å². The molecule has 51 heavy (non-hydrogen) atoms. The normalized spacial score (nSPS) is 35.3. The summed E-state index contributed by atoms with van der Waals surface area (Å²) in [5, 5.41) is 25.8. The lowest BCUT2D eigenvalue weighted by Crippen LogP contribution is -2.70. The lowest BCUT2D eigenvalue weighted by Gasteiger charge is -2.63. The summed E-state index contributed by atoms with van der Waals surface area (Å²) >= 11 is 0.929. The number of aromatic nitrogens is 2. The van der Waals surface area contributed by atoms with E-state index in [0.29, 0.717) is 56.3 Å². The van der Waals surface area contributed by atoms with Gasteiger partial charge in [0.1, 0.15) is 11.7 Å². The maximum atomic E-state index is 18.3. The molecule has 2 amide bonds. The van der Waals surface area contributed by atoms with Gasteiger partial charge < -0.3 is 25.6 Å². The number of halogens is 1. The number of hydrogen-bond donors (Lipinski definition) is 3. The van der Waals surface area contributed by atoms with Crippen LogP contribution in [0.3, 0.4) is 0 Å². The Balaban J connectivity index is 1.20. The van der Waals surface area contributed by atoms with E-state index in [1.165, 1.54) is 4.90 Å². The topological polar surface area (TPSA) is 165 Å². The van der Waals surface area contributed by atoms with Crippen molar-refractivity contribution in [3.05, 3.63) is 52.9 Å². The highest BCUT2D eigenvalue weighted by atomic mass is 32.2. The molecule has 1 aromatic carbocycles. The summed E-state index contributed by atoms with van der Waals surface area (Å²) < 4.78 is 26.1. The number of hydrogen-bond acceptors (Lipinski definition) is 9. The average molecular weight is 723 g/mol. The summed E-state index contributed by atoms with van der Waals surface area (Å²) in [4.78, 5) is 53.6. The number of aliphatic hydroxyl groups is 2. The smallest absolute Gasteiger partial charge is 0.306 e. The molecule has 11 nitrogen and oxygen atoms in total. The molecule has 13 heteroatoms. The van der Waals surface area contributed by atoms with E-state index in [4.69, 9.17) is 10.5 Å². The molecule has 0 bridgehead atoms. The van der Waals surface area contributed by atoms with Crippen molar-refractivity contribution in [3.8, 4) is 5.69 Å². The summed E-state index contributed by atoms with van der Waals surface area (Å²) in [7, 11) is 0. The molecule has 2 aromatic rings. The number of alkyl halides is 1. The Kier molecular flexibility index (Phi) is 9.02. The molecule has 1 aliphatic heterocycles. The van der Waals surface area contributed by atoms with Crippen LogP contribution in [0, 0.1) is 22.7 Å². The van der Waals surface area contributed by atoms with Gasteiger partial charge in [0.15, 0.2) is 5.60 Å². The van der Waals surface area contributed by atoms with Gasteiger partial charge in [-0.05, 0) is 87.1 Å². The molecular formula is C38H47FN4O7S. The number of aliphatic hydroxyl groups excluding tert-OH is 2. The Bertz CT molecular complexity index is 1820. The Morgan fingerprint density at radius 2 is 1.94 bits per heavy atom. The molecule has 4 N–H and O–H groups in total. The Morgan fingerprint density at radius 1 is 1.16 bits per heavy atom. The maximum Gasteiger partial charge on any atom is 0.306 e. The zero-order valence-corrected chi connectivity index (χ0v) is 30.2. The number of esters is 1. The van der Waals surface area contributed by atoms with Gasteiger partial charge in [-0.3, -0.25) is 19.2 Å². The van der Waals surface area contributed by atoms with Gasteiger partial charge in [-0.1, -0.05) is 44.2 Å². The third-order valence-corrected chi connectivity index (χ3v) is 14.1. The Morgan fingerprint density at radius 3 is 2.67 bits per heavy atom. The number of amides is 2. The fourth-order valence-corrected chi connectivity index (χ4v) is 11.4. The van der Waals surface area contributed by atoms with Crippen LogP contribution in [0.5, 0.6) is 0 Å². The number of carbonyl (C=O) groups excluding carboxylic acids is 4. The predicted molar refractivity (Wildman–Crippen MR) is 188 cm³/mol. The molecule has 4 fully saturated rings. The minimum Gasteiger partial charge on any atom is -0.449 e. The first-order valence-electron chi connectivity index (χ1n) is 18.1. The molecule has 4 aliphatic carbocycles. The van der Waals surface area contributed by atoms with Crippen molar-refractivity contribution in [2.75, 3.05) is 18.9 Å². The Hall–Kier alpha value is -3.55. The van der Waals surface area contributed by atoms with Crippen molar-refractivity contribution in [3.63, 3.8) is 0 Å². The molecule has 5 aliphatic rings. The van der Waals surface area contributed by atoms with E-state index in [2.05, 4.69) is 5.10 Å². The van der Waals surface area contributed by atoms with Gasteiger partial charge in [0, 0.05) is 41.0 Å². The first kappa shape index (κ1) is 35.8. The van der Waals surface area contributed by atoms with Gasteiger partial charge in [0.25, 0.3) is 5.91 Å². The monoisotopic (exact) mass is 722 g/mol. The number of nitrogens with zero attached hydrogens (tertiary/aromatic N) is 3. The number of likely N-dealkylation sites (tertiary alicyclic amines) is 1. The number of benzene rings is 1. The SMILES string of the molecule is CCC(=O)O[C@]1(C(=O)SCCO)CC[C@H]2[C@@H]3CCC4=Cc5c(cnn5-c5cccc(C(=O)N6CCC[C@@H]6C(N)=O)c5)C[C@]4(C)[C@@]3(F)[C@@H](O)C[C@@]21C. The van der Waals surface area contributed by atoms with Gasteiger partial charge in [-0.2, -0.15) is 5.10 Å². The number of fused-ring (bicyclic) bond motifs is 6. The van der Waals surface area contributed by atoms with Crippen LogP contribution in [0.2, 0.25) is 0 Å². The molecule has 0 unspecified atom stereocenters. The molecule has 3 saturated carbocycles. The lowest BCUT2D eigenvalue weighted by molar-refractivity contribution is -0.228. The van der Waals surface area contributed by atoms with E-state index in [9.17, 15) is 29.4 Å². The number of ether oxygens (including phenoxy) is 1. The van der Waals surface area contributed by atoms with Crippen LogP contribution in [0.25, 0.3) is 11.8 Å². The van der Waals surface area contributed by atoms with Crippen molar-refractivity contribution < 1.29 is 38.5 Å². The molecule has 0 radical (unpaired) electrons. The first-order valence-corrected chi connectivity index (χ1v) is 19.1. The molecule has 2 heterocycles. The second kappa shape index (κ2) is 12.8. The number of primary amides is 1. The second-order valence-corrected chi connectivity index (χ2v) is 16.5. The highest BCUT2D eigenvalue weighted by Crippen LogP contribution is 2.71. The van der Waals surface area contributed by atoms with Crippen LogP contribution in [0.1, 0.15) is 93.8 Å². The first-order chi connectivity index (χ1) is 24.3. The van der Waals surface area contributed by atoms with E-state index in [0.717, 1.165) is 28.6 Å². The molecule has 1 saturated heterocycles. The zero-order valence-electron chi connectivity index (χ0n) is 29.4. The minimum absolute atomic E-state index is 0.0451. The van der Waals surface area contributed by atoms with E-state index in [-0.39, 0.29) is 48.6 Å².